The molecule has 2 aromatic heterocycles. The number of aryl methyl sites for hydroxylation is 1. The van der Waals surface area contributed by atoms with Gasteiger partial charge in [0, 0.05) is 31.2 Å². The molecule has 90 valence electrons. The van der Waals surface area contributed by atoms with Gasteiger partial charge in [0.05, 0.1) is 16.9 Å². The van der Waals surface area contributed by atoms with Crippen LogP contribution in [0.25, 0.3) is 0 Å². The van der Waals surface area contributed by atoms with Crippen LogP contribution in [0.5, 0.6) is 0 Å². The molecule has 0 amide bonds. The average Bonchev–Trinajstić information content (AvgIpc) is 2.56. The minimum atomic E-state index is 0.699. The second-order valence-electron chi connectivity index (χ2n) is 4.16. The van der Waals surface area contributed by atoms with Gasteiger partial charge in [0.15, 0.2) is 0 Å². The van der Waals surface area contributed by atoms with Crippen LogP contribution in [0, 0.1) is 13.8 Å². The predicted octanol–water partition coefficient (Wildman–Crippen LogP) is 3.30. The topological polar surface area (TPSA) is 29.9 Å². The highest BCUT2D eigenvalue weighted by Crippen LogP contribution is 2.21. The minimum Gasteiger partial charge on any atom is -0.378 e. The summed E-state index contributed by atoms with van der Waals surface area (Å²) in [6, 6.07) is 3.97. The van der Waals surface area contributed by atoms with Gasteiger partial charge in [-0.15, -0.1) is 0 Å². The summed E-state index contributed by atoms with van der Waals surface area (Å²) in [7, 11) is 2.07. The number of rotatable bonds is 3. The molecular weight excluding hydrogens is 234 g/mol. The zero-order valence-corrected chi connectivity index (χ0v) is 11.0. The molecule has 1 N–H and O–H groups in total. The first-order chi connectivity index (χ1) is 8.09. The van der Waals surface area contributed by atoms with E-state index < -0.39 is 0 Å². The fourth-order valence-corrected chi connectivity index (χ4v) is 1.98. The highest BCUT2D eigenvalue weighted by atomic mass is 35.5. The number of hydrogen-bond donors (Lipinski definition) is 1. The second kappa shape index (κ2) is 4.80. The van der Waals surface area contributed by atoms with Gasteiger partial charge < -0.3 is 9.88 Å². The molecule has 2 heterocycles. The van der Waals surface area contributed by atoms with Gasteiger partial charge in [-0.25, -0.2) is 0 Å². The Morgan fingerprint density at radius 3 is 2.76 bits per heavy atom. The van der Waals surface area contributed by atoms with E-state index in [2.05, 4.69) is 41.8 Å². The van der Waals surface area contributed by atoms with Crippen LogP contribution < -0.4 is 5.32 Å². The molecule has 0 aliphatic rings. The monoisotopic (exact) mass is 249 g/mol. The van der Waals surface area contributed by atoms with Crippen molar-refractivity contribution in [3.63, 3.8) is 0 Å². The number of nitrogens with one attached hydrogen (secondary N) is 1. The molecule has 0 unspecified atom stereocenters. The van der Waals surface area contributed by atoms with Crippen molar-refractivity contribution in [2.45, 2.75) is 20.4 Å². The molecule has 0 radical (unpaired) electrons. The normalized spacial score (nSPS) is 10.6. The molecule has 0 fully saturated rings. The van der Waals surface area contributed by atoms with Gasteiger partial charge in [-0.3, -0.25) is 4.98 Å². The Morgan fingerprint density at radius 1 is 1.41 bits per heavy atom. The Hall–Kier alpha value is -1.48. The van der Waals surface area contributed by atoms with Gasteiger partial charge >= 0.3 is 0 Å². The first-order valence-electron chi connectivity index (χ1n) is 5.54. The number of nitrogens with zero attached hydrogens (tertiary/aromatic N) is 2. The van der Waals surface area contributed by atoms with Crippen LogP contribution in [0.15, 0.2) is 24.5 Å². The minimum absolute atomic E-state index is 0.699. The summed E-state index contributed by atoms with van der Waals surface area (Å²) < 4.78 is 2.18. The number of aromatic nitrogens is 2. The standard InChI is InChI=1S/C13H16ClN3/c1-9-6-11(10(2)17(9)3)7-16-13-8-15-5-4-12(13)14/h4-6,8,16H,7H2,1-3H3. The van der Waals surface area contributed by atoms with Crippen molar-refractivity contribution in [3.8, 4) is 0 Å². The van der Waals surface area contributed by atoms with E-state index in [1.807, 2.05) is 0 Å². The summed E-state index contributed by atoms with van der Waals surface area (Å²) in [6.45, 7) is 4.99. The Bertz CT molecular complexity index is 531. The third-order valence-electron chi connectivity index (χ3n) is 3.12. The fraction of sp³-hybridized carbons (Fsp3) is 0.308. The molecule has 0 aromatic carbocycles. The maximum absolute atomic E-state index is 6.06. The van der Waals surface area contributed by atoms with Gasteiger partial charge in [-0.2, -0.15) is 0 Å². The molecule has 4 heteroatoms. The molecule has 2 aromatic rings. The van der Waals surface area contributed by atoms with Crippen LogP contribution in [-0.2, 0) is 13.6 Å². The first-order valence-corrected chi connectivity index (χ1v) is 5.92. The zero-order chi connectivity index (χ0) is 12.4. The SMILES string of the molecule is Cc1cc(CNc2cnccc2Cl)c(C)n1C. The van der Waals surface area contributed by atoms with E-state index in [-0.39, 0.29) is 0 Å². The fourth-order valence-electron chi connectivity index (χ4n) is 1.81. The average molecular weight is 250 g/mol. The molecule has 2 rings (SSSR count). The lowest BCUT2D eigenvalue weighted by Gasteiger charge is -2.07. The van der Waals surface area contributed by atoms with Crippen LogP contribution >= 0.6 is 11.6 Å². The van der Waals surface area contributed by atoms with E-state index in [1.54, 1.807) is 18.5 Å². The molecule has 0 saturated carbocycles. The molecule has 3 nitrogen and oxygen atoms in total. The Morgan fingerprint density at radius 2 is 2.18 bits per heavy atom. The van der Waals surface area contributed by atoms with Crippen LogP contribution in [-0.4, -0.2) is 9.55 Å². The highest BCUT2D eigenvalue weighted by Gasteiger charge is 2.06. The summed E-state index contributed by atoms with van der Waals surface area (Å²) in [6.07, 6.45) is 3.43. The van der Waals surface area contributed by atoms with Gasteiger partial charge in [0.25, 0.3) is 0 Å². The van der Waals surface area contributed by atoms with Crippen molar-refractivity contribution in [1.82, 2.24) is 9.55 Å². The lowest BCUT2D eigenvalue weighted by atomic mass is 10.2. The highest BCUT2D eigenvalue weighted by molar-refractivity contribution is 6.33. The van der Waals surface area contributed by atoms with E-state index in [9.17, 15) is 0 Å². The largest absolute Gasteiger partial charge is 0.378 e. The van der Waals surface area contributed by atoms with Gasteiger partial charge in [0.1, 0.15) is 0 Å². The number of pyridine rings is 1. The lowest BCUT2D eigenvalue weighted by Crippen LogP contribution is -2.02. The van der Waals surface area contributed by atoms with Crippen LogP contribution in [0.4, 0.5) is 5.69 Å². The van der Waals surface area contributed by atoms with Gasteiger partial charge in [-0.05, 0) is 31.5 Å². The Balaban J connectivity index is 2.13. The molecule has 0 bridgehead atoms. The van der Waals surface area contributed by atoms with E-state index in [4.69, 9.17) is 11.6 Å². The summed E-state index contributed by atoms with van der Waals surface area (Å²) in [5.41, 5.74) is 4.69. The van der Waals surface area contributed by atoms with Gasteiger partial charge in [-0.1, -0.05) is 11.6 Å². The van der Waals surface area contributed by atoms with Crippen molar-refractivity contribution in [2.24, 2.45) is 7.05 Å². The Labute approximate surface area is 106 Å². The van der Waals surface area contributed by atoms with Crippen molar-refractivity contribution in [1.29, 1.82) is 0 Å². The third-order valence-corrected chi connectivity index (χ3v) is 3.45. The second-order valence-corrected chi connectivity index (χ2v) is 4.57. The van der Waals surface area contributed by atoms with E-state index >= 15 is 0 Å². The molecule has 0 aliphatic carbocycles. The molecule has 0 atom stereocenters. The Kier molecular flexibility index (Phi) is 3.38. The van der Waals surface area contributed by atoms with Crippen LogP contribution in [0.1, 0.15) is 17.0 Å². The van der Waals surface area contributed by atoms with Crippen molar-refractivity contribution >= 4 is 17.3 Å². The summed E-state index contributed by atoms with van der Waals surface area (Å²) >= 11 is 6.06. The smallest absolute Gasteiger partial charge is 0.0718 e. The van der Waals surface area contributed by atoms with Crippen molar-refractivity contribution in [2.75, 3.05) is 5.32 Å². The van der Waals surface area contributed by atoms with Crippen LogP contribution in [0.2, 0.25) is 5.02 Å². The first kappa shape index (κ1) is 12.0. The molecule has 17 heavy (non-hydrogen) atoms. The molecule has 0 aliphatic heterocycles. The number of anilines is 1. The molecular formula is C13H16ClN3. The summed E-state index contributed by atoms with van der Waals surface area (Å²) in [5.74, 6) is 0. The van der Waals surface area contributed by atoms with Gasteiger partial charge in [0.2, 0.25) is 0 Å². The van der Waals surface area contributed by atoms with E-state index in [1.165, 1.54) is 17.0 Å². The lowest BCUT2D eigenvalue weighted by molar-refractivity contribution is 0.837. The molecule has 0 spiro atoms. The summed E-state index contributed by atoms with van der Waals surface area (Å²) in [5, 5.41) is 4.00. The summed E-state index contributed by atoms with van der Waals surface area (Å²) in [4.78, 5) is 4.05. The van der Waals surface area contributed by atoms with Crippen molar-refractivity contribution < 1.29 is 0 Å². The predicted molar refractivity (Wildman–Crippen MR) is 71.5 cm³/mol. The van der Waals surface area contributed by atoms with Crippen LogP contribution in [0.3, 0.4) is 0 Å². The maximum atomic E-state index is 6.06. The van der Waals surface area contributed by atoms with Crippen molar-refractivity contribution in [3.05, 3.63) is 46.5 Å². The number of hydrogen-bond acceptors (Lipinski definition) is 2. The maximum Gasteiger partial charge on any atom is 0.0718 e. The quantitative estimate of drug-likeness (QED) is 0.905. The zero-order valence-electron chi connectivity index (χ0n) is 10.3. The van der Waals surface area contributed by atoms with E-state index in [0.29, 0.717) is 5.02 Å². The molecule has 0 saturated heterocycles. The third kappa shape index (κ3) is 2.44. The van der Waals surface area contributed by atoms with E-state index in [0.717, 1.165) is 12.2 Å². The number of halogens is 1.